The van der Waals surface area contributed by atoms with Gasteiger partial charge in [0.1, 0.15) is 0 Å². The number of nitrogens with two attached hydrogens (primary N) is 1. The molecule has 0 aliphatic carbocycles. The number of rotatable bonds is 1. The molecular formula is C15H15N3OS. The Hall–Kier alpha value is -2.14. The van der Waals surface area contributed by atoms with Crippen molar-refractivity contribution >= 4 is 34.9 Å². The van der Waals surface area contributed by atoms with Crippen LogP contribution in [0.5, 0.6) is 0 Å². The summed E-state index contributed by atoms with van der Waals surface area (Å²) in [5, 5.41) is 0. The molecule has 0 spiro atoms. The number of carbonyl (C=O) groups excluding carboxylic acids is 1. The third kappa shape index (κ3) is 2.00. The largest absolute Gasteiger partial charge is 0.378 e. The molecule has 0 radical (unpaired) electrons. The molecule has 2 aromatic rings. The van der Waals surface area contributed by atoms with E-state index in [1.807, 2.05) is 55.4 Å². The van der Waals surface area contributed by atoms with Crippen molar-refractivity contribution in [2.24, 2.45) is 5.73 Å². The molecule has 0 aromatic heterocycles. The normalized spacial score (nSPS) is 12.6. The van der Waals surface area contributed by atoms with Gasteiger partial charge in [0, 0.05) is 29.6 Å². The predicted molar refractivity (Wildman–Crippen MR) is 83.1 cm³/mol. The van der Waals surface area contributed by atoms with Gasteiger partial charge in [0.15, 0.2) is 0 Å². The summed E-state index contributed by atoms with van der Waals surface area (Å²) in [6.07, 6.45) is 0. The SMILES string of the molecule is CN(C)c1ccc2c(c1)Sc1ccccc1N2C(N)=O. The van der Waals surface area contributed by atoms with Crippen LogP contribution in [0, 0.1) is 0 Å². The van der Waals surface area contributed by atoms with E-state index in [-0.39, 0.29) is 0 Å². The van der Waals surface area contributed by atoms with E-state index in [0.29, 0.717) is 0 Å². The fourth-order valence-electron chi connectivity index (χ4n) is 2.26. The first-order valence-electron chi connectivity index (χ1n) is 6.26. The molecule has 3 rings (SSSR count). The molecule has 0 bridgehead atoms. The van der Waals surface area contributed by atoms with E-state index in [0.717, 1.165) is 26.9 Å². The van der Waals surface area contributed by atoms with E-state index in [4.69, 9.17) is 5.73 Å². The molecule has 0 atom stereocenters. The summed E-state index contributed by atoms with van der Waals surface area (Å²) in [6.45, 7) is 0. The molecule has 20 heavy (non-hydrogen) atoms. The molecule has 2 amide bonds. The maximum absolute atomic E-state index is 11.8. The summed E-state index contributed by atoms with van der Waals surface area (Å²) in [7, 11) is 3.99. The molecule has 5 heteroatoms. The lowest BCUT2D eigenvalue weighted by Gasteiger charge is -2.30. The summed E-state index contributed by atoms with van der Waals surface area (Å²) < 4.78 is 0. The van der Waals surface area contributed by atoms with E-state index in [2.05, 4.69) is 6.07 Å². The van der Waals surface area contributed by atoms with Crippen LogP contribution in [0.1, 0.15) is 0 Å². The fourth-order valence-corrected chi connectivity index (χ4v) is 3.35. The van der Waals surface area contributed by atoms with E-state index in [9.17, 15) is 4.79 Å². The van der Waals surface area contributed by atoms with Crippen molar-refractivity contribution in [3.8, 4) is 0 Å². The van der Waals surface area contributed by atoms with Crippen molar-refractivity contribution < 1.29 is 4.79 Å². The Morgan fingerprint density at radius 1 is 1.10 bits per heavy atom. The quantitative estimate of drug-likeness (QED) is 0.873. The number of carbonyl (C=O) groups is 1. The molecule has 0 fully saturated rings. The minimum absolute atomic E-state index is 0.461. The lowest BCUT2D eigenvalue weighted by molar-refractivity contribution is 0.256. The minimum Gasteiger partial charge on any atom is -0.378 e. The molecule has 0 saturated heterocycles. The summed E-state index contributed by atoms with van der Waals surface area (Å²) in [5.74, 6) is 0. The summed E-state index contributed by atoms with van der Waals surface area (Å²) >= 11 is 1.66. The van der Waals surface area contributed by atoms with Crippen molar-refractivity contribution in [3.63, 3.8) is 0 Å². The molecular weight excluding hydrogens is 270 g/mol. The number of anilines is 3. The Labute approximate surface area is 122 Å². The Morgan fingerprint density at radius 2 is 1.80 bits per heavy atom. The van der Waals surface area contributed by atoms with Crippen molar-refractivity contribution in [1.82, 2.24) is 0 Å². The molecule has 1 aliphatic rings. The summed E-state index contributed by atoms with van der Waals surface area (Å²) in [6, 6.07) is 13.3. The Kier molecular flexibility index (Phi) is 3.06. The van der Waals surface area contributed by atoms with Crippen LogP contribution in [0.3, 0.4) is 0 Å². The van der Waals surface area contributed by atoms with Gasteiger partial charge in [0.25, 0.3) is 0 Å². The van der Waals surface area contributed by atoms with Gasteiger partial charge in [-0.15, -0.1) is 0 Å². The zero-order valence-corrected chi connectivity index (χ0v) is 12.1. The summed E-state index contributed by atoms with van der Waals surface area (Å²) in [4.78, 5) is 17.5. The van der Waals surface area contributed by atoms with Crippen LogP contribution >= 0.6 is 11.8 Å². The molecule has 2 N–H and O–H groups in total. The lowest BCUT2D eigenvalue weighted by atomic mass is 10.2. The average molecular weight is 285 g/mol. The van der Waals surface area contributed by atoms with Crippen LogP contribution < -0.4 is 15.5 Å². The first-order valence-corrected chi connectivity index (χ1v) is 7.07. The smallest absolute Gasteiger partial charge is 0.323 e. The number of primary amides is 1. The van der Waals surface area contributed by atoms with Crippen molar-refractivity contribution in [1.29, 1.82) is 0 Å². The lowest BCUT2D eigenvalue weighted by Crippen LogP contribution is -2.33. The van der Waals surface area contributed by atoms with Gasteiger partial charge in [0.2, 0.25) is 0 Å². The Morgan fingerprint density at radius 3 is 2.50 bits per heavy atom. The van der Waals surface area contributed by atoms with Crippen LogP contribution in [0.25, 0.3) is 0 Å². The topological polar surface area (TPSA) is 49.6 Å². The maximum Gasteiger partial charge on any atom is 0.323 e. The van der Waals surface area contributed by atoms with Crippen LogP contribution in [-0.2, 0) is 0 Å². The van der Waals surface area contributed by atoms with E-state index in [1.54, 1.807) is 16.7 Å². The Bertz CT molecular complexity index is 685. The number of fused-ring (bicyclic) bond motifs is 2. The van der Waals surface area contributed by atoms with Gasteiger partial charge < -0.3 is 10.6 Å². The van der Waals surface area contributed by atoms with Crippen LogP contribution in [0.2, 0.25) is 0 Å². The van der Waals surface area contributed by atoms with E-state index < -0.39 is 6.03 Å². The van der Waals surface area contributed by atoms with Crippen LogP contribution in [0.4, 0.5) is 21.9 Å². The van der Waals surface area contributed by atoms with E-state index >= 15 is 0 Å². The highest BCUT2D eigenvalue weighted by Crippen LogP contribution is 2.48. The molecule has 0 saturated carbocycles. The van der Waals surface area contributed by atoms with Gasteiger partial charge in [-0.2, -0.15) is 0 Å². The highest BCUT2D eigenvalue weighted by molar-refractivity contribution is 7.99. The number of hydrogen-bond donors (Lipinski definition) is 1. The minimum atomic E-state index is -0.461. The number of benzene rings is 2. The van der Waals surface area contributed by atoms with Gasteiger partial charge in [-0.3, -0.25) is 4.90 Å². The number of urea groups is 1. The highest BCUT2D eigenvalue weighted by Gasteiger charge is 2.26. The number of para-hydroxylation sites is 1. The van der Waals surface area contributed by atoms with Crippen molar-refractivity contribution in [2.45, 2.75) is 9.79 Å². The molecule has 1 heterocycles. The number of nitrogens with zero attached hydrogens (tertiary/aromatic N) is 2. The second-order valence-corrected chi connectivity index (χ2v) is 5.87. The van der Waals surface area contributed by atoms with Gasteiger partial charge >= 0.3 is 6.03 Å². The van der Waals surface area contributed by atoms with Crippen molar-refractivity contribution in [3.05, 3.63) is 42.5 Å². The predicted octanol–water partition coefficient (Wildman–Crippen LogP) is 3.43. The second-order valence-electron chi connectivity index (χ2n) is 4.79. The molecule has 0 unspecified atom stereocenters. The molecule has 2 aromatic carbocycles. The monoisotopic (exact) mass is 285 g/mol. The van der Waals surface area contributed by atoms with Gasteiger partial charge in [-0.1, -0.05) is 23.9 Å². The second kappa shape index (κ2) is 4.76. The fraction of sp³-hybridized carbons (Fsp3) is 0.133. The first-order chi connectivity index (χ1) is 9.58. The zero-order chi connectivity index (χ0) is 14.3. The number of amides is 2. The van der Waals surface area contributed by atoms with Crippen LogP contribution in [-0.4, -0.2) is 20.1 Å². The third-order valence-corrected chi connectivity index (χ3v) is 4.36. The first kappa shape index (κ1) is 12.9. The van der Waals surface area contributed by atoms with Gasteiger partial charge in [-0.05, 0) is 30.3 Å². The van der Waals surface area contributed by atoms with Crippen LogP contribution in [0.15, 0.2) is 52.3 Å². The number of hydrogen-bond acceptors (Lipinski definition) is 3. The van der Waals surface area contributed by atoms with E-state index in [1.165, 1.54) is 0 Å². The van der Waals surface area contributed by atoms with Gasteiger partial charge in [-0.25, -0.2) is 4.79 Å². The third-order valence-electron chi connectivity index (χ3n) is 3.25. The highest BCUT2D eigenvalue weighted by atomic mass is 32.2. The maximum atomic E-state index is 11.8. The van der Waals surface area contributed by atoms with Crippen molar-refractivity contribution in [2.75, 3.05) is 23.9 Å². The zero-order valence-electron chi connectivity index (χ0n) is 11.3. The Balaban J connectivity index is 2.17. The van der Waals surface area contributed by atoms with Gasteiger partial charge in [0.05, 0.1) is 11.4 Å². The average Bonchev–Trinajstić information content (AvgIpc) is 2.43. The standard InChI is InChI=1S/C15H15N3OS/c1-17(2)10-7-8-12-14(9-10)20-13-6-4-3-5-11(13)18(12)15(16)19/h3-9H,1-2H3,(H2,16,19). The molecule has 4 nitrogen and oxygen atoms in total. The molecule has 1 aliphatic heterocycles. The molecule has 102 valence electrons. The summed E-state index contributed by atoms with van der Waals surface area (Å²) in [5.41, 5.74) is 8.34.